The van der Waals surface area contributed by atoms with Crippen molar-refractivity contribution in [3.05, 3.63) is 81.8 Å². The van der Waals surface area contributed by atoms with Gasteiger partial charge in [0.2, 0.25) is 15.8 Å². The lowest BCUT2D eigenvalue weighted by Crippen LogP contribution is -2.50. The van der Waals surface area contributed by atoms with Gasteiger partial charge < -0.3 is 9.64 Å². The summed E-state index contributed by atoms with van der Waals surface area (Å²) in [6.45, 7) is 0.987. The highest BCUT2D eigenvalue weighted by atomic mass is 32.2. The maximum absolute atomic E-state index is 15.3. The van der Waals surface area contributed by atoms with Gasteiger partial charge in [-0.1, -0.05) is 24.3 Å². The molecule has 2 unspecified atom stereocenters. The van der Waals surface area contributed by atoms with E-state index in [9.17, 15) is 22.0 Å². The van der Waals surface area contributed by atoms with Crippen LogP contribution in [0.1, 0.15) is 24.0 Å². The molecule has 2 aliphatic carbocycles. The lowest BCUT2D eigenvalue weighted by molar-refractivity contribution is 0.0901. The normalized spacial score (nSPS) is 22.0. The molecule has 12 heteroatoms. The van der Waals surface area contributed by atoms with Crippen LogP contribution < -0.4 is 15.2 Å². The second-order valence-corrected chi connectivity index (χ2v) is 12.4. The number of hydrogen-bond donors (Lipinski definition) is 0. The standard InChI is InChI=1S/C27H27F3N4O4S/c28-19-13-20(29)15-21(14-19)34-27(35)26(38-25-12-18-4-2-1-3-17(18)11-23(25)30)24(16-31-34)32-7-9-33(10-8-32)39(36,37)22-5-6-22/h1-4,13-16,22-23,25H,5-12H2. The number of fused-ring (bicyclic) bond motifs is 1. The van der Waals surface area contributed by atoms with Crippen molar-refractivity contribution in [2.45, 2.75) is 43.2 Å². The summed E-state index contributed by atoms with van der Waals surface area (Å²) in [6, 6.07) is 10.1. The van der Waals surface area contributed by atoms with Gasteiger partial charge in [0, 0.05) is 45.1 Å². The van der Waals surface area contributed by atoms with Crippen molar-refractivity contribution in [3.8, 4) is 11.4 Å². The zero-order chi connectivity index (χ0) is 27.3. The molecule has 0 amide bonds. The highest BCUT2D eigenvalue weighted by Crippen LogP contribution is 2.34. The van der Waals surface area contributed by atoms with Crippen LogP contribution in [0.3, 0.4) is 0 Å². The minimum atomic E-state index is -3.35. The second kappa shape index (κ2) is 9.98. The monoisotopic (exact) mass is 560 g/mol. The fraction of sp³-hybridized carbons (Fsp3) is 0.407. The van der Waals surface area contributed by atoms with Gasteiger partial charge in [-0.2, -0.15) is 14.1 Å². The molecule has 3 aliphatic rings. The molecule has 0 N–H and O–H groups in total. The minimum absolute atomic E-state index is 0.127. The largest absolute Gasteiger partial charge is 0.479 e. The second-order valence-electron chi connectivity index (χ2n) is 10.2. The summed E-state index contributed by atoms with van der Waals surface area (Å²) in [6.07, 6.45) is 0.678. The first kappa shape index (κ1) is 25.9. The molecule has 3 aromatic rings. The molecule has 2 aromatic carbocycles. The lowest BCUT2D eigenvalue weighted by atomic mass is 9.88. The predicted molar refractivity (Wildman–Crippen MR) is 139 cm³/mol. The number of piperazine rings is 1. The number of benzene rings is 2. The number of halogens is 3. The van der Waals surface area contributed by atoms with E-state index in [4.69, 9.17) is 4.74 Å². The van der Waals surface area contributed by atoms with Gasteiger partial charge in [0.05, 0.1) is 17.1 Å². The summed E-state index contributed by atoms with van der Waals surface area (Å²) in [4.78, 5) is 15.5. The molecule has 8 nitrogen and oxygen atoms in total. The van der Waals surface area contributed by atoms with E-state index in [1.807, 2.05) is 24.3 Å². The van der Waals surface area contributed by atoms with Crippen LogP contribution in [0.25, 0.3) is 5.69 Å². The maximum atomic E-state index is 15.3. The molecule has 1 aliphatic heterocycles. The Kier molecular flexibility index (Phi) is 6.62. The number of rotatable bonds is 6. The summed E-state index contributed by atoms with van der Waals surface area (Å²) in [5, 5.41) is 3.82. The van der Waals surface area contributed by atoms with E-state index in [0.717, 1.165) is 27.9 Å². The first-order chi connectivity index (χ1) is 18.7. The number of hydrogen-bond acceptors (Lipinski definition) is 6. The Morgan fingerprint density at radius 1 is 0.923 bits per heavy atom. The Labute approximate surface area is 223 Å². The van der Waals surface area contributed by atoms with Crippen molar-refractivity contribution in [3.63, 3.8) is 0 Å². The van der Waals surface area contributed by atoms with Crippen LogP contribution in [0, 0.1) is 11.6 Å². The van der Waals surface area contributed by atoms with E-state index in [1.54, 1.807) is 4.90 Å². The Morgan fingerprint density at radius 3 is 2.21 bits per heavy atom. The molecule has 206 valence electrons. The molecule has 2 fully saturated rings. The molecule has 2 heterocycles. The van der Waals surface area contributed by atoms with Gasteiger partial charge in [0.25, 0.3) is 0 Å². The summed E-state index contributed by atoms with van der Waals surface area (Å²) >= 11 is 0. The van der Waals surface area contributed by atoms with Crippen LogP contribution in [0.5, 0.6) is 5.75 Å². The lowest BCUT2D eigenvalue weighted by Gasteiger charge is -2.36. The Hall–Kier alpha value is -3.38. The number of aromatic nitrogens is 2. The zero-order valence-electron chi connectivity index (χ0n) is 21.0. The van der Waals surface area contributed by atoms with Crippen molar-refractivity contribution in [2.75, 3.05) is 31.1 Å². The Morgan fingerprint density at radius 2 is 1.56 bits per heavy atom. The molecular formula is C27H27F3N4O4S. The van der Waals surface area contributed by atoms with Gasteiger partial charge in [-0.3, -0.25) is 4.79 Å². The van der Waals surface area contributed by atoms with Crippen LogP contribution in [0.15, 0.2) is 53.5 Å². The van der Waals surface area contributed by atoms with E-state index >= 15 is 4.39 Å². The molecule has 6 rings (SSSR count). The van der Waals surface area contributed by atoms with Crippen LogP contribution in [-0.4, -0.2) is 66.2 Å². The fourth-order valence-electron chi connectivity index (χ4n) is 5.28. The van der Waals surface area contributed by atoms with Crippen molar-refractivity contribution >= 4 is 15.7 Å². The Bertz CT molecular complexity index is 1550. The van der Waals surface area contributed by atoms with Gasteiger partial charge in [0.1, 0.15) is 29.6 Å². The first-order valence-corrected chi connectivity index (χ1v) is 14.4. The van der Waals surface area contributed by atoms with Crippen molar-refractivity contribution < 1.29 is 26.3 Å². The fourth-order valence-corrected chi connectivity index (χ4v) is 7.11. The van der Waals surface area contributed by atoms with Gasteiger partial charge in [-0.15, -0.1) is 0 Å². The molecule has 1 saturated carbocycles. The third kappa shape index (κ3) is 5.03. The predicted octanol–water partition coefficient (Wildman–Crippen LogP) is 3.01. The van der Waals surface area contributed by atoms with Crippen molar-refractivity contribution in [1.29, 1.82) is 0 Å². The summed E-state index contributed by atoms with van der Waals surface area (Å²) < 4.78 is 76.9. The van der Waals surface area contributed by atoms with Gasteiger partial charge in [0.15, 0.2) is 0 Å². The maximum Gasteiger partial charge on any atom is 0.316 e. The van der Waals surface area contributed by atoms with E-state index in [1.165, 1.54) is 10.5 Å². The number of anilines is 1. The molecular weight excluding hydrogens is 533 g/mol. The molecule has 0 spiro atoms. The number of sulfonamides is 1. The van der Waals surface area contributed by atoms with Crippen LogP contribution in [-0.2, 0) is 22.9 Å². The zero-order valence-corrected chi connectivity index (χ0v) is 21.8. The van der Waals surface area contributed by atoms with Crippen LogP contribution in [0.4, 0.5) is 18.9 Å². The average Bonchev–Trinajstić information content (AvgIpc) is 3.76. The third-order valence-corrected chi connectivity index (χ3v) is 9.92. The summed E-state index contributed by atoms with van der Waals surface area (Å²) in [7, 11) is -3.35. The van der Waals surface area contributed by atoms with E-state index in [0.29, 0.717) is 18.9 Å². The summed E-state index contributed by atoms with van der Waals surface area (Å²) in [5.41, 5.74) is 1.14. The average molecular weight is 561 g/mol. The van der Waals surface area contributed by atoms with Gasteiger partial charge >= 0.3 is 5.56 Å². The quantitative estimate of drug-likeness (QED) is 0.461. The minimum Gasteiger partial charge on any atom is -0.479 e. The van der Waals surface area contributed by atoms with Crippen LogP contribution in [0.2, 0.25) is 0 Å². The number of nitrogens with zero attached hydrogens (tertiary/aromatic N) is 4. The third-order valence-electron chi connectivity index (χ3n) is 7.52. The van der Waals surface area contributed by atoms with Gasteiger partial charge in [-0.25, -0.2) is 21.6 Å². The van der Waals surface area contributed by atoms with Crippen LogP contribution >= 0.6 is 0 Å². The number of ether oxygens (including phenoxy) is 1. The summed E-state index contributed by atoms with van der Waals surface area (Å²) in [5.74, 6) is -1.96. The first-order valence-electron chi connectivity index (χ1n) is 12.9. The highest BCUT2D eigenvalue weighted by Gasteiger charge is 2.41. The molecule has 1 aromatic heterocycles. The van der Waals surface area contributed by atoms with Crippen molar-refractivity contribution in [2.24, 2.45) is 0 Å². The Balaban J connectivity index is 1.35. The van der Waals surface area contributed by atoms with Crippen molar-refractivity contribution in [1.82, 2.24) is 14.1 Å². The molecule has 0 radical (unpaired) electrons. The molecule has 1 saturated heterocycles. The van der Waals surface area contributed by atoms with E-state index in [-0.39, 0.29) is 61.4 Å². The van der Waals surface area contributed by atoms with Gasteiger partial charge in [-0.05, 0) is 36.1 Å². The topological polar surface area (TPSA) is 84.7 Å². The number of alkyl halides is 1. The SMILES string of the molecule is O=c1c(OC2Cc3ccccc3CC2F)c(N2CCN(S(=O)(=O)C3CC3)CC2)cnn1-c1cc(F)cc(F)c1. The smallest absolute Gasteiger partial charge is 0.316 e. The molecule has 2 atom stereocenters. The van der Waals surface area contributed by atoms with E-state index in [2.05, 4.69) is 5.10 Å². The molecule has 39 heavy (non-hydrogen) atoms. The molecule has 0 bridgehead atoms. The highest BCUT2D eigenvalue weighted by molar-refractivity contribution is 7.90. The van der Waals surface area contributed by atoms with E-state index < -0.39 is 39.5 Å².